The molecular weight excluding hydrogens is 210 g/mol. The monoisotopic (exact) mass is 239 g/mol. The summed E-state index contributed by atoms with van der Waals surface area (Å²) in [5, 5.41) is 0. The van der Waals surface area contributed by atoms with Gasteiger partial charge >= 0.3 is 0 Å². The summed E-state index contributed by atoms with van der Waals surface area (Å²) < 4.78 is 0. The lowest BCUT2D eigenvalue weighted by Gasteiger charge is -2.52. The second kappa shape index (κ2) is 4.52. The van der Waals surface area contributed by atoms with Crippen LogP contribution < -0.4 is 5.73 Å². The van der Waals surface area contributed by atoms with Gasteiger partial charge in [0.15, 0.2) is 0 Å². The Hall–Kier alpha value is -0.120. The predicted octanol–water partition coefficient (Wildman–Crippen LogP) is 1.53. The first kappa shape index (κ1) is 13.3. The molecule has 2 N–H and O–H groups in total. The summed E-state index contributed by atoms with van der Waals surface area (Å²) in [6.07, 6.45) is 6.81. The van der Waals surface area contributed by atoms with E-state index in [-0.39, 0.29) is 5.54 Å². The average Bonchev–Trinajstić information content (AvgIpc) is 3.05. The van der Waals surface area contributed by atoms with Crippen molar-refractivity contribution < 1.29 is 0 Å². The average molecular weight is 239 g/mol. The van der Waals surface area contributed by atoms with E-state index in [0.717, 1.165) is 12.5 Å². The highest BCUT2D eigenvalue weighted by Crippen LogP contribution is 2.44. The maximum absolute atomic E-state index is 6.05. The van der Waals surface area contributed by atoms with Crippen LogP contribution in [0.15, 0.2) is 0 Å². The standard InChI is InChI=1S/C14H29N3/c1-13(10-15,12-6-7-12)17(4)11-14(16(2)3)8-5-9-14/h12H,5-11,15H2,1-4H3. The zero-order chi connectivity index (χ0) is 12.7. The van der Waals surface area contributed by atoms with Gasteiger partial charge in [-0.25, -0.2) is 0 Å². The third kappa shape index (κ3) is 2.25. The van der Waals surface area contributed by atoms with Crippen LogP contribution in [0.5, 0.6) is 0 Å². The summed E-state index contributed by atoms with van der Waals surface area (Å²) in [5.74, 6) is 0.830. The van der Waals surface area contributed by atoms with E-state index >= 15 is 0 Å². The van der Waals surface area contributed by atoms with Crippen molar-refractivity contribution in [3.63, 3.8) is 0 Å². The lowest BCUT2D eigenvalue weighted by Crippen LogP contribution is -2.62. The number of nitrogens with two attached hydrogens (primary N) is 1. The molecule has 0 bridgehead atoms. The molecule has 0 aliphatic heterocycles. The van der Waals surface area contributed by atoms with Gasteiger partial charge in [0.2, 0.25) is 0 Å². The second-order valence-electron chi connectivity index (χ2n) is 6.66. The van der Waals surface area contributed by atoms with Gasteiger partial charge in [-0.15, -0.1) is 0 Å². The minimum atomic E-state index is 0.221. The molecule has 0 radical (unpaired) electrons. The Labute approximate surface area is 106 Å². The number of hydrogen-bond acceptors (Lipinski definition) is 3. The number of nitrogens with zero attached hydrogens (tertiary/aromatic N) is 2. The van der Waals surface area contributed by atoms with Crippen LogP contribution in [0.2, 0.25) is 0 Å². The molecule has 0 aromatic heterocycles. The maximum atomic E-state index is 6.05. The maximum Gasteiger partial charge on any atom is 0.0330 e. The normalized spacial score (nSPS) is 27.0. The van der Waals surface area contributed by atoms with Crippen LogP contribution in [0.25, 0.3) is 0 Å². The van der Waals surface area contributed by atoms with Gasteiger partial charge in [0, 0.05) is 24.2 Å². The fourth-order valence-corrected chi connectivity index (χ4v) is 3.29. The highest BCUT2D eigenvalue weighted by atomic mass is 15.3. The number of likely N-dealkylation sites (N-methyl/N-ethyl adjacent to an activating group) is 2. The molecule has 0 aromatic carbocycles. The largest absolute Gasteiger partial charge is 0.329 e. The van der Waals surface area contributed by atoms with Gasteiger partial charge in [0.25, 0.3) is 0 Å². The van der Waals surface area contributed by atoms with E-state index in [1.807, 2.05) is 0 Å². The highest BCUT2D eigenvalue weighted by molar-refractivity contribution is 5.04. The van der Waals surface area contributed by atoms with Crippen molar-refractivity contribution in [2.45, 2.75) is 50.1 Å². The van der Waals surface area contributed by atoms with Crippen molar-refractivity contribution >= 4 is 0 Å². The van der Waals surface area contributed by atoms with Gasteiger partial charge in [0.1, 0.15) is 0 Å². The summed E-state index contributed by atoms with van der Waals surface area (Å²) in [5.41, 5.74) is 6.69. The Balaban J connectivity index is 2.02. The summed E-state index contributed by atoms with van der Waals surface area (Å²) in [7, 11) is 6.72. The Morgan fingerprint density at radius 3 is 2.12 bits per heavy atom. The van der Waals surface area contributed by atoms with Gasteiger partial charge in [-0.3, -0.25) is 4.90 Å². The van der Waals surface area contributed by atoms with E-state index < -0.39 is 0 Å². The molecule has 2 saturated carbocycles. The summed E-state index contributed by atoms with van der Waals surface area (Å²) >= 11 is 0. The van der Waals surface area contributed by atoms with Crippen LogP contribution in [-0.2, 0) is 0 Å². The van der Waals surface area contributed by atoms with Crippen LogP contribution in [0.4, 0.5) is 0 Å². The fraction of sp³-hybridized carbons (Fsp3) is 1.00. The Morgan fingerprint density at radius 1 is 1.24 bits per heavy atom. The number of hydrogen-bond donors (Lipinski definition) is 1. The molecule has 1 atom stereocenters. The molecule has 2 rings (SSSR count). The Bertz CT molecular complexity index is 269. The quantitative estimate of drug-likeness (QED) is 0.763. The molecule has 0 amide bonds. The van der Waals surface area contributed by atoms with E-state index in [2.05, 4.69) is 37.9 Å². The lowest BCUT2D eigenvalue weighted by molar-refractivity contribution is -0.00898. The Kier molecular flexibility index (Phi) is 3.54. The first-order valence-corrected chi connectivity index (χ1v) is 7.03. The lowest BCUT2D eigenvalue weighted by atomic mass is 9.74. The smallest absolute Gasteiger partial charge is 0.0330 e. The van der Waals surface area contributed by atoms with Crippen molar-refractivity contribution in [3.8, 4) is 0 Å². The van der Waals surface area contributed by atoms with E-state index in [1.54, 1.807) is 0 Å². The van der Waals surface area contributed by atoms with Gasteiger partial charge in [-0.2, -0.15) is 0 Å². The molecule has 100 valence electrons. The minimum Gasteiger partial charge on any atom is -0.329 e. The van der Waals surface area contributed by atoms with Crippen LogP contribution in [0, 0.1) is 5.92 Å². The summed E-state index contributed by atoms with van der Waals surface area (Å²) in [6, 6.07) is 0. The van der Waals surface area contributed by atoms with Gasteiger partial charge < -0.3 is 10.6 Å². The van der Waals surface area contributed by atoms with E-state index in [1.165, 1.54) is 38.6 Å². The molecule has 1 unspecified atom stereocenters. The van der Waals surface area contributed by atoms with Crippen molar-refractivity contribution in [2.75, 3.05) is 34.2 Å². The van der Waals surface area contributed by atoms with E-state index in [4.69, 9.17) is 5.73 Å². The highest BCUT2D eigenvalue weighted by Gasteiger charge is 2.47. The van der Waals surface area contributed by atoms with Crippen molar-refractivity contribution in [1.82, 2.24) is 9.80 Å². The van der Waals surface area contributed by atoms with E-state index in [9.17, 15) is 0 Å². The SMILES string of the molecule is CN(C)C1(CN(C)C(C)(CN)C2CC2)CCC1. The van der Waals surface area contributed by atoms with Gasteiger partial charge in [-0.05, 0) is 66.1 Å². The topological polar surface area (TPSA) is 32.5 Å². The predicted molar refractivity (Wildman–Crippen MR) is 73.1 cm³/mol. The van der Waals surface area contributed by atoms with Gasteiger partial charge in [-0.1, -0.05) is 0 Å². The summed E-state index contributed by atoms with van der Waals surface area (Å²) in [4.78, 5) is 4.97. The van der Waals surface area contributed by atoms with Crippen LogP contribution in [0.3, 0.4) is 0 Å². The molecule has 0 spiro atoms. The molecule has 2 aliphatic rings. The Morgan fingerprint density at radius 2 is 1.82 bits per heavy atom. The molecule has 0 saturated heterocycles. The third-order valence-electron chi connectivity index (χ3n) is 5.51. The van der Waals surface area contributed by atoms with Gasteiger partial charge in [0.05, 0.1) is 0 Å². The second-order valence-corrected chi connectivity index (χ2v) is 6.66. The first-order valence-electron chi connectivity index (χ1n) is 7.03. The zero-order valence-electron chi connectivity index (χ0n) is 12.0. The third-order valence-corrected chi connectivity index (χ3v) is 5.51. The van der Waals surface area contributed by atoms with Crippen molar-refractivity contribution in [1.29, 1.82) is 0 Å². The molecule has 2 aliphatic carbocycles. The number of rotatable bonds is 6. The molecular formula is C14H29N3. The molecule has 0 heterocycles. The molecule has 2 fully saturated rings. The molecule has 17 heavy (non-hydrogen) atoms. The van der Waals surface area contributed by atoms with E-state index in [0.29, 0.717) is 5.54 Å². The van der Waals surface area contributed by atoms with Crippen LogP contribution in [0.1, 0.15) is 39.0 Å². The van der Waals surface area contributed by atoms with Crippen molar-refractivity contribution in [3.05, 3.63) is 0 Å². The van der Waals surface area contributed by atoms with Crippen LogP contribution in [-0.4, -0.2) is 55.1 Å². The fourth-order valence-electron chi connectivity index (χ4n) is 3.29. The van der Waals surface area contributed by atoms with Crippen LogP contribution >= 0.6 is 0 Å². The summed E-state index contributed by atoms with van der Waals surface area (Å²) in [6.45, 7) is 4.31. The molecule has 3 heteroatoms. The molecule has 3 nitrogen and oxygen atoms in total. The minimum absolute atomic E-state index is 0.221. The molecule has 0 aromatic rings. The van der Waals surface area contributed by atoms with Crippen molar-refractivity contribution in [2.24, 2.45) is 11.7 Å². The first-order chi connectivity index (χ1) is 7.94. The zero-order valence-corrected chi connectivity index (χ0v) is 12.0.